The molecule has 1 amide bonds. The molecule has 2 aromatic rings. The van der Waals surface area contributed by atoms with Crippen molar-refractivity contribution < 1.29 is 22.7 Å². The van der Waals surface area contributed by atoms with Crippen molar-refractivity contribution in [2.24, 2.45) is 0 Å². The van der Waals surface area contributed by atoms with Gasteiger partial charge in [-0.05, 0) is 38.1 Å². The van der Waals surface area contributed by atoms with Gasteiger partial charge in [0.05, 0.1) is 23.3 Å². The maximum absolute atomic E-state index is 13.8. The number of hydrogen-bond acceptors (Lipinski definition) is 4. The third-order valence-electron chi connectivity index (χ3n) is 5.16. The third-order valence-corrected chi connectivity index (χ3v) is 5.16. The third kappa shape index (κ3) is 4.00. The Balaban J connectivity index is 1.64. The van der Waals surface area contributed by atoms with Gasteiger partial charge < -0.3 is 20.3 Å². The highest BCUT2D eigenvalue weighted by Gasteiger charge is 2.36. The minimum absolute atomic E-state index is 0.131. The van der Waals surface area contributed by atoms with Crippen molar-refractivity contribution in [1.29, 1.82) is 0 Å². The van der Waals surface area contributed by atoms with Crippen molar-refractivity contribution in [3.63, 3.8) is 0 Å². The van der Waals surface area contributed by atoms with E-state index in [4.69, 9.17) is 4.74 Å². The lowest BCUT2D eigenvalue weighted by molar-refractivity contribution is -0.137. The summed E-state index contributed by atoms with van der Waals surface area (Å²) >= 11 is 0. The van der Waals surface area contributed by atoms with Crippen LogP contribution in [0.1, 0.15) is 25.0 Å². The predicted molar refractivity (Wildman–Crippen MR) is 110 cm³/mol. The monoisotopic (exact) mass is 417 g/mol. The molecule has 30 heavy (non-hydrogen) atoms. The maximum atomic E-state index is 13.8. The second kappa shape index (κ2) is 7.68. The normalized spacial score (nSPS) is 22.8. The molecule has 0 bridgehead atoms. The maximum Gasteiger partial charge on any atom is 0.418 e. The van der Waals surface area contributed by atoms with E-state index in [9.17, 15) is 18.0 Å². The number of nitrogens with zero attached hydrogens (tertiary/aromatic N) is 1. The van der Waals surface area contributed by atoms with E-state index in [1.807, 2.05) is 13.8 Å². The predicted octanol–water partition coefficient (Wildman–Crippen LogP) is 4.72. The van der Waals surface area contributed by atoms with Gasteiger partial charge in [-0.3, -0.25) is 4.79 Å². The standard InChI is InChI=1S/C22H22F3N3O2/c1-13-11-28(12-14(2)30-13)20-8-7-15(9-18(20)22(23,24)25)26-10-17-16-5-3-4-6-19(16)27-21(17)29/h3-10,13-14,26H,11-12H2,1-2H3,(H,27,29)/b17-10+. The number of anilines is 3. The summed E-state index contributed by atoms with van der Waals surface area (Å²) in [4.78, 5) is 13.9. The van der Waals surface area contributed by atoms with E-state index >= 15 is 0 Å². The van der Waals surface area contributed by atoms with Gasteiger partial charge in [0.25, 0.3) is 5.91 Å². The van der Waals surface area contributed by atoms with Crippen molar-refractivity contribution in [3.05, 3.63) is 59.8 Å². The van der Waals surface area contributed by atoms with Gasteiger partial charge in [0.1, 0.15) is 0 Å². The lowest BCUT2D eigenvalue weighted by Gasteiger charge is -2.38. The first kappa shape index (κ1) is 20.3. The molecular weight excluding hydrogens is 395 g/mol. The molecule has 4 rings (SSSR count). The van der Waals surface area contributed by atoms with Gasteiger partial charge in [-0.2, -0.15) is 13.2 Å². The molecular formula is C22H22F3N3O2. The SMILES string of the molecule is CC1CN(c2ccc(N/C=C3/C(=O)Nc4ccccc43)cc2C(F)(F)F)CC(C)O1. The summed E-state index contributed by atoms with van der Waals surface area (Å²) in [5, 5.41) is 5.59. The number of carbonyl (C=O) groups excluding carboxylic acids is 1. The average molecular weight is 417 g/mol. The number of ether oxygens (including phenoxy) is 1. The molecule has 2 N–H and O–H groups in total. The van der Waals surface area contributed by atoms with E-state index in [1.165, 1.54) is 12.3 Å². The van der Waals surface area contributed by atoms with Crippen LogP contribution >= 0.6 is 0 Å². The Labute approximate surface area is 172 Å². The zero-order chi connectivity index (χ0) is 21.5. The van der Waals surface area contributed by atoms with Crippen molar-refractivity contribution in [2.45, 2.75) is 32.2 Å². The summed E-state index contributed by atoms with van der Waals surface area (Å²) in [6.07, 6.45) is -3.38. The van der Waals surface area contributed by atoms with Crippen molar-refractivity contribution in [2.75, 3.05) is 28.6 Å². The zero-order valence-corrected chi connectivity index (χ0v) is 16.6. The van der Waals surface area contributed by atoms with Gasteiger partial charge in [0, 0.05) is 41.9 Å². The lowest BCUT2D eigenvalue weighted by atomic mass is 10.1. The van der Waals surface area contributed by atoms with Crippen LogP contribution in [0.4, 0.5) is 30.2 Å². The number of benzene rings is 2. The number of para-hydroxylation sites is 1. The quantitative estimate of drug-likeness (QED) is 0.710. The fourth-order valence-corrected chi connectivity index (χ4v) is 3.94. The van der Waals surface area contributed by atoms with E-state index in [-0.39, 0.29) is 29.5 Å². The molecule has 158 valence electrons. The molecule has 0 radical (unpaired) electrons. The first-order valence-corrected chi connectivity index (χ1v) is 9.71. The minimum atomic E-state index is -4.51. The van der Waals surface area contributed by atoms with Crippen LogP contribution < -0.4 is 15.5 Å². The Bertz CT molecular complexity index is 993. The second-order valence-electron chi connectivity index (χ2n) is 7.59. The molecule has 2 unspecified atom stereocenters. The van der Waals surface area contributed by atoms with Crippen molar-refractivity contribution in [1.82, 2.24) is 0 Å². The van der Waals surface area contributed by atoms with Crippen LogP contribution in [0.15, 0.2) is 48.7 Å². The Morgan fingerprint density at radius 2 is 1.83 bits per heavy atom. The molecule has 0 aliphatic carbocycles. The fraction of sp³-hybridized carbons (Fsp3) is 0.318. The van der Waals surface area contributed by atoms with Crippen LogP contribution in [-0.2, 0) is 15.7 Å². The second-order valence-corrected chi connectivity index (χ2v) is 7.59. The largest absolute Gasteiger partial charge is 0.418 e. The molecule has 2 aliphatic heterocycles. The molecule has 2 atom stereocenters. The summed E-state index contributed by atoms with van der Waals surface area (Å²) in [5.41, 5.74) is 1.43. The number of fused-ring (bicyclic) bond motifs is 1. The number of carbonyl (C=O) groups is 1. The first-order chi connectivity index (χ1) is 14.2. The van der Waals surface area contributed by atoms with Crippen LogP contribution in [0.5, 0.6) is 0 Å². The van der Waals surface area contributed by atoms with Crippen LogP contribution in [0.3, 0.4) is 0 Å². The molecule has 1 saturated heterocycles. The molecule has 0 saturated carbocycles. The van der Waals surface area contributed by atoms with Crippen molar-refractivity contribution >= 4 is 28.5 Å². The molecule has 2 heterocycles. The minimum Gasteiger partial charge on any atom is -0.372 e. The number of morpholine rings is 1. The number of hydrogen-bond donors (Lipinski definition) is 2. The van der Waals surface area contributed by atoms with Crippen LogP contribution in [-0.4, -0.2) is 31.2 Å². The summed E-state index contributed by atoms with van der Waals surface area (Å²) in [5.74, 6) is -0.298. The summed E-state index contributed by atoms with van der Waals surface area (Å²) in [7, 11) is 0. The van der Waals surface area contributed by atoms with Crippen LogP contribution in [0, 0.1) is 0 Å². The van der Waals surface area contributed by atoms with Gasteiger partial charge in [-0.25, -0.2) is 0 Å². The van der Waals surface area contributed by atoms with Gasteiger partial charge in [-0.1, -0.05) is 18.2 Å². The van der Waals surface area contributed by atoms with E-state index in [2.05, 4.69) is 10.6 Å². The molecule has 8 heteroatoms. The number of nitrogens with one attached hydrogen (secondary N) is 2. The fourth-order valence-electron chi connectivity index (χ4n) is 3.94. The van der Waals surface area contributed by atoms with Crippen molar-refractivity contribution in [3.8, 4) is 0 Å². The Hall–Kier alpha value is -3.00. The summed E-state index contributed by atoms with van der Waals surface area (Å²) < 4.78 is 47.1. The average Bonchev–Trinajstić information content (AvgIpc) is 3.00. The molecule has 1 fully saturated rings. The molecule has 2 aromatic carbocycles. The van der Waals surface area contributed by atoms with E-state index < -0.39 is 11.7 Å². The highest BCUT2D eigenvalue weighted by Crippen LogP contribution is 2.39. The highest BCUT2D eigenvalue weighted by atomic mass is 19.4. The van der Waals surface area contributed by atoms with Gasteiger partial charge in [0.15, 0.2) is 0 Å². The number of rotatable bonds is 3. The summed E-state index contributed by atoms with van der Waals surface area (Å²) in [6, 6.07) is 11.3. The highest BCUT2D eigenvalue weighted by molar-refractivity contribution is 6.31. The number of amides is 1. The first-order valence-electron chi connectivity index (χ1n) is 9.71. The topological polar surface area (TPSA) is 53.6 Å². The van der Waals surface area contributed by atoms with E-state index in [0.717, 1.165) is 6.07 Å². The van der Waals surface area contributed by atoms with E-state index in [1.54, 1.807) is 35.2 Å². The van der Waals surface area contributed by atoms with Gasteiger partial charge in [0.2, 0.25) is 0 Å². The van der Waals surface area contributed by atoms with Crippen LogP contribution in [0.25, 0.3) is 5.57 Å². The number of alkyl halides is 3. The Kier molecular flexibility index (Phi) is 5.19. The molecule has 0 aromatic heterocycles. The zero-order valence-electron chi connectivity index (χ0n) is 16.6. The lowest BCUT2D eigenvalue weighted by Crippen LogP contribution is -2.46. The Morgan fingerprint density at radius 1 is 1.13 bits per heavy atom. The van der Waals surface area contributed by atoms with Gasteiger partial charge in [-0.15, -0.1) is 0 Å². The van der Waals surface area contributed by atoms with Crippen LogP contribution in [0.2, 0.25) is 0 Å². The smallest absolute Gasteiger partial charge is 0.372 e. The molecule has 2 aliphatic rings. The Morgan fingerprint density at radius 3 is 2.53 bits per heavy atom. The van der Waals surface area contributed by atoms with Gasteiger partial charge >= 0.3 is 6.18 Å². The number of halogens is 3. The molecule has 0 spiro atoms. The van der Waals surface area contributed by atoms with E-state index in [0.29, 0.717) is 29.9 Å². The molecule has 5 nitrogen and oxygen atoms in total. The summed E-state index contributed by atoms with van der Waals surface area (Å²) in [6.45, 7) is 4.48.